The van der Waals surface area contributed by atoms with Gasteiger partial charge in [-0.25, -0.2) is 5.43 Å². The number of carbonyl (C=O) groups excluding carboxylic acids is 1. The third-order valence-corrected chi connectivity index (χ3v) is 4.53. The van der Waals surface area contributed by atoms with Gasteiger partial charge in [-0.05, 0) is 51.8 Å². The van der Waals surface area contributed by atoms with Crippen molar-refractivity contribution in [2.75, 3.05) is 0 Å². The van der Waals surface area contributed by atoms with Crippen molar-refractivity contribution in [1.29, 1.82) is 0 Å². The molecule has 0 unspecified atom stereocenters. The summed E-state index contributed by atoms with van der Waals surface area (Å²) >= 11 is 10.2. The summed E-state index contributed by atoms with van der Waals surface area (Å²) in [7, 11) is 0. The van der Waals surface area contributed by atoms with Gasteiger partial charge in [0, 0.05) is 14.3 Å². The molecule has 4 nitrogen and oxygen atoms in total. The molecule has 1 N–H and O–H groups in total. The summed E-state index contributed by atoms with van der Waals surface area (Å²) in [5.74, 6) is -0.208. The van der Waals surface area contributed by atoms with Crippen molar-refractivity contribution in [3.8, 4) is 0 Å². The van der Waals surface area contributed by atoms with Gasteiger partial charge in [0.2, 0.25) is 0 Å². The van der Waals surface area contributed by atoms with Crippen molar-refractivity contribution < 1.29 is 9.21 Å². The Balaban J connectivity index is 1.77. The molecule has 0 spiro atoms. The lowest BCUT2D eigenvalue weighted by atomic mass is 10.2. The number of nitrogens with zero attached hydrogens (tertiary/aromatic N) is 1. The first-order valence-corrected chi connectivity index (χ1v) is 8.88. The molecule has 0 bridgehead atoms. The lowest BCUT2D eigenvalue weighted by Gasteiger charge is -1.96. The van der Waals surface area contributed by atoms with Crippen LogP contribution < -0.4 is 5.43 Å². The number of rotatable bonds is 3. The summed E-state index contributed by atoms with van der Waals surface area (Å²) in [6.07, 6.45) is 1.57. The molecule has 2 aromatic carbocycles. The zero-order valence-corrected chi connectivity index (χ0v) is 16.3. The molecule has 1 heterocycles. The van der Waals surface area contributed by atoms with E-state index in [-0.39, 0.29) is 5.76 Å². The zero-order chi connectivity index (χ0) is 16.4. The highest BCUT2D eigenvalue weighted by Gasteiger charge is 2.14. The number of furan rings is 1. The molecule has 0 atom stereocenters. The number of benzene rings is 2. The molecule has 1 amide bonds. The lowest BCUT2D eigenvalue weighted by molar-refractivity contribution is 0.0929. The molecule has 0 saturated carbocycles. The van der Waals surface area contributed by atoms with E-state index in [0.29, 0.717) is 5.58 Å². The third-order valence-electron chi connectivity index (χ3n) is 2.99. The summed E-state index contributed by atoms with van der Waals surface area (Å²) < 4.78 is 8.20. The van der Waals surface area contributed by atoms with Crippen molar-refractivity contribution >= 4 is 70.9 Å². The second-order valence-electron chi connectivity index (χ2n) is 4.67. The van der Waals surface area contributed by atoms with Crippen LogP contribution in [-0.2, 0) is 0 Å². The van der Waals surface area contributed by atoms with Crippen LogP contribution in [0.2, 0.25) is 0 Å². The van der Waals surface area contributed by atoms with Gasteiger partial charge in [0.1, 0.15) is 5.58 Å². The van der Waals surface area contributed by atoms with Gasteiger partial charge in [0.15, 0.2) is 5.76 Å². The maximum absolute atomic E-state index is 12.1. The van der Waals surface area contributed by atoms with Crippen LogP contribution in [0.5, 0.6) is 0 Å². The quantitative estimate of drug-likeness (QED) is 0.382. The molecule has 0 aliphatic rings. The second-order valence-corrected chi connectivity index (χ2v) is 7.36. The maximum atomic E-state index is 12.1. The molecule has 116 valence electrons. The van der Waals surface area contributed by atoms with E-state index in [1.807, 2.05) is 36.4 Å². The van der Waals surface area contributed by atoms with Crippen LogP contribution >= 0.6 is 47.8 Å². The molecule has 0 saturated heterocycles. The Kier molecular flexibility index (Phi) is 4.99. The minimum Gasteiger partial charge on any atom is -0.450 e. The van der Waals surface area contributed by atoms with Gasteiger partial charge in [0.25, 0.3) is 0 Å². The van der Waals surface area contributed by atoms with Gasteiger partial charge < -0.3 is 4.42 Å². The molecular weight excluding hydrogens is 492 g/mol. The van der Waals surface area contributed by atoms with Gasteiger partial charge in [0.05, 0.1) is 10.7 Å². The summed E-state index contributed by atoms with van der Waals surface area (Å²) in [5.41, 5.74) is 3.95. The van der Waals surface area contributed by atoms with E-state index in [2.05, 4.69) is 58.3 Å². The SMILES string of the molecule is O=C(N/N=C\c1cccc(Br)c1)c1cc2cc(Br)cc(Br)c2o1. The summed E-state index contributed by atoms with van der Waals surface area (Å²) in [6, 6.07) is 13.0. The van der Waals surface area contributed by atoms with Crippen molar-refractivity contribution in [2.45, 2.75) is 0 Å². The molecule has 3 rings (SSSR count). The fraction of sp³-hybridized carbons (Fsp3) is 0. The topological polar surface area (TPSA) is 54.6 Å². The van der Waals surface area contributed by atoms with E-state index in [1.165, 1.54) is 0 Å². The van der Waals surface area contributed by atoms with E-state index in [1.54, 1.807) is 12.3 Å². The Morgan fingerprint density at radius 3 is 2.70 bits per heavy atom. The van der Waals surface area contributed by atoms with Crippen LogP contribution in [0.1, 0.15) is 16.1 Å². The normalized spacial score (nSPS) is 11.3. The lowest BCUT2D eigenvalue weighted by Crippen LogP contribution is -2.16. The van der Waals surface area contributed by atoms with Crippen LogP contribution in [0.4, 0.5) is 0 Å². The maximum Gasteiger partial charge on any atom is 0.307 e. The molecular formula is C16H9Br3N2O2. The van der Waals surface area contributed by atoms with Crippen molar-refractivity contribution in [1.82, 2.24) is 5.43 Å². The summed E-state index contributed by atoms with van der Waals surface area (Å²) in [6.45, 7) is 0. The molecule has 1 aromatic heterocycles. The number of amides is 1. The molecule has 0 fully saturated rings. The first-order valence-electron chi connectivity index (χ1n) is 6.50. The zero-order valence-electron chi connectivity index (χ0n) is 11.5. The molecule has 0 aliphatic heterocycles. The Labute approximate surface area is 157 Å². The first-order chi connectivity index (χ1) is 11.0. The predicted molar refractivity (Wildman–Crippen MR) is 101 cm³/mol. The van der Waals surface area contributed by atoms with Crippen molar-refractivity contribution in [2.24, 2.45) is 5.10 Å². The number of halogens is 3. The smallest absolute Gasteiger partial charge is 0.307 e. The monoisotopic (exact) mass is 498 g/mol. The van der Waals surface area contributed by atoms with Gasteiger partial charge in [-0.1, -0.05) is 44.0 Å². The number of fused-ring (bicyclic) bond motifs is 1. The fourth-order valence-electron chi connectivity index (χ4n) is 2.00. The summed E-state index contributed by atoms with van der Waals surface area (Å²) in [5, 5.41) is 4.77. The Bertz CT molecular complexity index is 919. The number of hydrazone groups is 1. The highest BCUT2D eigenvalue weighted by Crippen LogP contribution is 2.30. The minimum atomic E-state index is -0.407. The van der Waals surface area contributed by atoms with E-state index in [0.717, 1.165) is 24.4 Å². The standard InChI is InChI=1S/C16H9Br3N2O2/c17-11-3-1-2-9(4-11)8-20-21-16(22)14-6-10-5-12(18)7-13(19)15(10)23-14/h1-8H,(H,21,22)/b20-8-. The van der Waals surface area contributed by atoms with E-state index < -0.39 is 5.91 Å². The first kappa shape index (κ1) is 16.4. The van der Waals surface area contributed by atoms with Gasteiger partial charge in [-0.3, -0.25) is 4.79 Å². The van der Waals surface area contributed by atoms with Gasteiger partial charge in [-0.15, -0.1) is 0 Å². The van der Waals surface area contributed by atoms with Crippen LogP contribution in [-0.4, -0.2) is 12.1 Å². The van der Waals surface area contributed by atoms with Crippen LogP contribution in [0.25, 0.3) is 11.0 Å². The van der Waals surface area contributed by atoms with E-state index in [9.17, 15) is 4.79 Å². The molecule has 0 aliphatic carbocycles. The van der Waals surface area contributed by atoms with Crippen LogP contribution in [0.15, 0.2) is 65.4 Å². The Hall–Kier alpha value is -1.44. The number of carbonyl (C=O) groups is 1. The van der Waals surface area contributed by atoms with Crippen LogP contribution in [0, 0.1) is 0 Å². The van der Waals surface area contributed by atoms with Crippen molar-refractivity contribution in [3.63, 3.8) is 0 Å². The summed E-state index contributed by atoms with van der Waals surface area (Å²) in [4.78, 5) is 12.1. The molecule has 0 radical (unpaired) electrons. The Morgan fingerprint density at radius 1 is 1.09 bits per heavy atom. The average Bonchev–Trinajstić information content (AvgIpc) is 2.91. The molecule has 23 heavy (non-hydrogen) atoms. The highest BCUT2D eigenvalue weighted by atomic mass is 79.9. The average molecular weight is 501 g/mol. The third kappa shape index (κ3) is 3.91. The Morgan fingerprint density at radius 2 is 1.91 bits per heavy atom. The largest absolute Gasteiger partial charge is 0.450 e. The molecule has 7 heteroatoms. The number of hydrogen-bond donors (Lipinski definition) is 1. The molecule has 3 aromatic rings. The van der Waals surface area contributed by atoms with Gasteiger partial charge >= 0.3 is 5.91 Å². The fourth-order valence-corrected chi connectivity index (χ4v) is 3.75. The second kappa shape index (κ2) is 6.98. The number of nitrogens with one attached hydrogen (secondary N) is 1. The van der Waals surface area contributed by atoms with Gasteiger partial charge in [-0.2, -0.15) is 5.10 Å². The van der Waals surface area contributed by atoms with E-state index >= 15 is 0 Å². The highest BCUT2D eigenvalue weighted by molar-refractivity contribution is 9.11. The minimum absolute atomic E-state index is 0.199. The van der Waals surface area contributed by atoms with Crippen molar-refractivity contribution in [3.05, 3.63) is 67.2 Å². The van der Waals surface area contributed by atoms with E-state index in [4.69, 9.17) is 4.42 Å². The number of hydrogen-bond acceptors (Lipinski definition) is 3. The van der Waals surface area contributed by atoms with Crippen LogP contribution in [0.3, 0.4) is 0 Å². The predicted octanol–water partition coefficient (Wildman–Crippen LogP) is 5.48.